The maximum Gasteiger partial charge on any atom is 0.337 e. The van der Waals surface area contributed by atoms with Gasteiger partial charge in [0, 0.05) is 6.20 Å². The van der Waals surface area contributed by atoms with Crippen LogP contribution in [0.3, 0.4) is 0 Å². The van der Waals surface area contributed by atoms with E-state index in [0.29, 0.717) is 12.8 Å². The average Bonchev–Trinajstić information content (AvgIpc) is 2.34. The molecule has 1 aliphatic carbocycles. The summed E-state index contributed by atoms with van der Waals surface area (Å²) in [6.07, 6.45) is 3.00. The zero-order chi connectivity index (χ0) is 14.1. The quantitative estimate of drug-likeness (QED) is 0.700. The third-order valence-corrected chi connectivity index (χ3v) is 4.72. The molecule has 7 nitrogen and oxygen atoms in total. The number of hydrogen-bond donors (Lipinski definition) is 3. The number of pyridine rings is 1. The molecule has 8 heteroatoms. The SMILES string of the molecule is O=C(O)c1ccc(S(=O)(=O)NC2(CO)CCC2)nc1. The van der Waals surface area contributed by atoms with Crippen molar-refractivity contribution >= 4 is 16.0 Å². The minimum absolute atomic E-state index is 0.0838. The highest BCUT2D eigenvalue weighted by Gasteiger charge is 2.40. The third kappa shape index (κ3) is 2.75. The topological polar surface area (TPSA) is 117 Å². The lowest BCUT2D eigenvalue weighted by Crippen LogP contribution is -2.56. The molecule has 0 atom stereocenters. The Labute approximate surface area is 110 Å². The first-order valence-electron chi connectivity index (χ1n) is 5.73. The summed E-state index contributed by atoms with van der Waals surface area (Å²) in [6.45, 7) is -0.264. The van der Waals surface area contributed by atoms with Gasteiger partial charge in [-0.2, -0.15) is 0 Å². The van der Waals surface area contributed by atoms with Crippen molar-refractivity contribution in [1.29, 1.82) is 0 Å². The summed E-state index contributed by atoms with van der Waals surface area (Å²) in [6, 6.07) is 2.31. The molecule has 0 amide bonds. The third-order valence-electron chi connectivity index (χ3n) is 3.22. The summed E-state index contributed by atoms with van der Waals surface area (Å²) in [7, 11) is -3.85. The van der Waals surface area contributed by atoms with Crippen molar-refractivity contribution in [1.82, 2.24) is 9.71 Å². The number of carboxylic acid groups (broad SMARTS) is 1. The molecule has 0 saturated heterocycles. The van der Waals surface area contributed by atoms with E-state index in [1.54, 1.807) is 0 Å². The summed E-state index contributed by atoms with van der Waals surface area (Å²) >= 11 is 0. The molecule has 104 valence electrons. The molecule has 0 aromatic carbocycles. The molecule has 1 aliphatic rings. The van der Waals surface area contributed by atoms with Gasteiger partial charge < -0.3 is 10.2 Å². The number of aromatic nitrogens is 1. The van der Waals surface area contributed by atoms with Gasteiger partial charge in [0.25, 0.3) is 10.0 Å². The number of hydrogen-bond acceptors (Lipinski definition) is 5. The van der Waals surface area contributed by atoms with Gasteiger partial charge in [0.1, 0.15) is 0 Å². The van der Waals surface area contributed by atoms with Crippen molar-refractivity contribution in [3.8, 4) is 0 Å². The number of sulfonamides is 1. The van der Waals surface area contributed by atoms with Gasteiger partial charge >= 0.3 is 5.97 Å². The Morgan fingerprint density at radius 2 is 2.11 bits per heavy atom. The van der Waals surface area contributed by atoms with Gasteiger partial charge in [-0.3, -0.25) is 0 Å². The lowest BCUT2D eigenvalue weighted by Gasteiger charge is -2.40. The van der Waals surface area contributed by atoms with E-state index in [4.69, 9.17) is 5.11 Å². The number of aromatic carboxylic acids is 1. The second-order valence-electron chi connectivity index (χ2n) is 4.59. The Bertz CT molecular complexity index is 572. The molecule has 0 spiro atoms. The fourth-order valence-corrected chi connectivity index (χ4v) is 3.28. The van der Waals surface area contributed by atoms with E-state index in [2.05, 4.69) is 9.71 Å². The Morgan fingerprint density at radius 3 is 2.47 bits per heavy atom. The van der Waals surface area contributed by atoms with Crippen molar-refractivity contribution in [3.05, 3.63) is 23.9 Å². The second-order valence-corrected chi connectivity index (χ2v) is 6.22. The van der Waals surface area contributed by atoms with E-state index in [-0.39, 0.29) is 17.2 Å². The van der Waals surface area contributed by atoms with E-state index in [1.165, 1.54) is 6.07 Å². The Balaban J connectivity index is 2.22. The first-order valence-corrected chi connectivity index (χ1v) is 7.21. The molecule has 1 saturated carbocycles. The van der Waals surface area contributed by atoms with Gasteiger partial charge in [-0.05, 0) is 31.4 Å². The van der Waals surface area contributed by atoms with Gasteiger partial charge in [0.15, 0.2) is 5.03 Å². The van der Waals surface area contributed by atoms with E-state index in [9.17, 15) is 18.3 Å². The molecule has 1 aromatic heterocycles. The highest BCUT2D eigenvalue weighted by atomic mass is 32.2. The minimum Gasteiger partial charge on any atom is -0.478 e. The first-order chi connectivity index (χ1) is 8.88. The van der Waals surface area contributed by atoms with Crippen molar-refractivity contribution < 1.29 is 23.4 Å². The normalized spacial score (nSPS) is 17.7. The van der Waals surface area contributed by atoms with Crippen molar-refractivity contribution in [3.63, 3.8) is 0 Å². The van der Waals surface area contributed by atoms with Crippen molar-refractivity contribution in [2.45, 2.75) is 29.8 Å². The number of aliphatic hydroxyl groups is 1. The Hall–Kier alpha value is -1.51. The molecule has 1 heterocycles. The fraction of sp³-hybridized carbons (Fsp3) is 0.455. The lowest BCUT2D eigenvalue weighted by molar-refractivity contribution is 0.0696. The van der Waals surface area contributed by atoms with Crippen LogP contribution in [-0.4, -0.2) is 41.7 Å². The second kappa shape index (κ2) is 4.87. The van der Waals surface area contributed by atoms with E-state index < -0.39 is 21.5 Å². The summed E-state index contributed by atoms with van der Waals surface area (Å²) in [5.74, 6) is -1.17. The first kappa shape index (κ1) is 13.9. The molecule has 0 bridgehead atoms. The molecule has 0 unspecified atom stereocenters. The van der Waals surface area contributed by atoms with Crippen LogP contribution in [0.15, 0.2) is 23.4 Å². The number of nitrogens with one attached hydrogen (secondary N) is 1. The van der Waals surface area contributed by atoms with Crippen LogP contribution in [0.25, 0.3) is 0 Å². The van der Waals surface area contributed by atoms with E-state index in [1.807, 2.05) is 0 Å². The summed E-state index contributed by atoms with van der Waals surface area (Å²) in [5.41, 5.74) is -0.883. The fourth-order valence-electron chi connectivity index (χ4n) is 1.90. The minimum atomic E-state index is -3.85. The van der Waals surface area contributed by atoms with Crippen molar-refractivity contribution in [2.75, 3.05) is 6.61 Å². The number of nitrogens with zero attached hydrogens (tertiary/aromatic N) is 1. The van der Waals surface area contributed by atoms with Crippen LogP contribution < -0.4 is 4.72 Å². The molecule has 3 N–H and O–H groups in total. The van der Waals surface area contributed by atoms with Gasteiger partial charge in [-0.15, -0.1) is 0 Å². The van der Waals surface area contributed by atoms with Crippen LogP contribution in [-0.2, 0) is 10.0 Å². The average molecular weight is 286 g/mol. The Kier molecular flexibility index (Phi) is 3.57. The maximum atomic E-state index is 12.0. The summed E-state index contributed by atoms with van der Waals surface area (Å²) < 4.78 is 26.5. The molecule has 2 rings (SSSR count). The molecule has 1 aromatic rings. The highest BCUT2D eigenvalue weighted by Crippen LogP contribution is 2.32. The van der Waals surface area contributed by atoms with Crippen LogP contribution >= 0.6 is 0 Å². The van der Waals surface area contributed by atoms with E-state index >= 15 is 0 Å². The van der Waals surface area contributed by atoms with Crippen LogP contribution in [0, 0.1) is 0 Å². The molecule has 0 aliphatic heterocycles. The van der Waals surface area contributed by atoms with Crippen LogP contribution in [0.5, 0.6) is 0 Å². The Morgan fingerprint density at radius 1 is 1.42 bits per heavy atom. The maximum absolute atomic E-state index is 12.0. The van der Waals surface area contributed by atoms with Gasteiger partial charge in [-0.25, -0.2) is 22.9 Å². The number of rotatable bonds is 5. The number of carboxylic acids is 1. The van der Waals surface area contributed by atoms with Crippen LogP contribution in [0.2, 0.25) is 0 Å². The van der Waals surface area contributed by atoms with Crippen LogP contribution in [0.4, 0.5) is 0 Å². The molecule has 1 fully saturated rings. The number of aliphatic hydroxyl groups excluding tert-OH is 1. The molecule has 19 heavy (non-hydrogen) atoms. The number of carbonyl (C=O) groups is 1. The highest BCUT2D eigenvalue weighted by molar-refractivity contribution is 7.89. The van der Waals surface area contributed by atoms with Crippen LogP contribution in [0.1, 0.15) is 29.6 Å². The standard InChI is InChI=1S/C11H14N2O5S/c14-7-11(4-1-5-11)13-19(17,18)9-3-2-8(6-12-9)10(15)16/h2-3,6,13-14H,1,4-5,7H2,(H,15,16). The van der Waals surface area contributed by atoms with E-state index in [0.717, 1.165) is 18.7 Å². The molecule has 0 radical (unpaired) electrons. The predicted molar refractivity (Wildman–Crippen MR) is 65.2 cm³/mol. The van der Waals surface area contributed by atoms with Crippen molar-refractivity contribution in [2.24, 2.45) is 0 Å². The molecular formula is C11H14N2O5S. The zero-order valence-electron chi connectivity index (χ0n) is 10.0. The summed E-state index contributed by atoms with van der Waals surface area (Å²) in [4.78, 5) is 14.3. The monoisotopic (exact) mass is 286 g/mol. The largest absolute Gasteiger partial charge is 0.478 e. The molecular weight excluding hydrogens is 272 g/mol. The van der Waals surface area contributed by atoms with Gasteiger partial charge in [0.05, 0.1) is 17.7 Å². The zero-order valence-corrected chi connectivity index (χ0v) is 10.9. The van der Waals surface area contributed by atoms with Gasteiger partial charge in [-0.1, -0.05) is 0 Å². The summed E-state index contributed by atoms with van der Waals surface area (Å²) in [5, 5.41) is 17.7. The predicted octanol–water partition coefficient (Wildman–Crippen LogP) is -0.0269. The smallest absolute Gasteiger partial charge is 0.337 e. The lowest BCUT2D eigenvalue weighted by atomic mass is 9.78. The van der Waals surface area contributed by atoms with Gasteiger partial charge in [0.2, 0.25) is 0 Å².